The minimum atomic E-state index is -0.0341. The highest BCUT2D eigenvalue weighted by molar-refractivity contribution is 7.26. The molecule has 58 heavy (non-hydrogen) atoms. The number of thiophene rings is 1. The molecule has 0 bridgehead atoms. The molecule has 2 aromatic heterocycles. The fraction of sp³-hybridized carbons (Fsp3) is 0.333. The molecule has 0 fully saturated rings. The number of rotatable bonds is 1. The van der Waals surface area contributed by atoms with Gasteiger partial charge in [0.25, 0.3) is 0 Å². The van der Waals surface area contributed by atoms with Crippen molar-refractivity contribution in [3.8, 4) is 16.8 Å². The lowest BCUT2D eigenvalue weighted by atomic mass is 9.43. The van der Waals surface area contributed by atoms with E-state index >= 15 is 0 Å². The molecule has 4 heterocycles. The fourth-order valence-corrected chi connectivity index (χ4v) is 12.2. The van der Waals surface area contributed by atoms with Crippen LogP contribution < -0.4 is 15.7 Å². The first-order valence-corrected chi connectivity index (χ1v) is 22.3. The van der Waals surface area contributed by atoms with E-state index in [1.54, 1.807) is 0 Å². The van der Waals surface area contributed by atoms with E-state index in [2.05, 4.69) is 183 Å². The smallest absolute Gasteiger partial charge is 0.333 e. The van der Waals surface area contributed by atoms with E-state index < -0.39 is 0 Å². The summed E-state index contributed by atoms with van der Waals surface area (Å²) in [4.78, 5) is 2.80. The SMILES string of the molecule is Cc1cc2c3c(c1)-n1c4ccc(C(C)(C)C)cc4c4cc(C(C)(C)C)cc(c41)B3N(c1cc3c(cc1C)C(C)(C)CCC3(C)C)c1ccc3sc4ccccc4c3c1-2. The van der Waals surface area contributed by atoms with Gasteiger partial charge in [-0.05, 0) is 147 Å². The number of hydrogen-bond donors (Lipinski definition) is 0. The van der Waals surface area contributed by atoms with Crippen LogP contribution in [0, 0.1) is 13.8 Å². The van der Waals surface area contributed by atoms with Gasteiger partial charge in [-0.1, -0.05) is 112 Å². The molecule has 0 saturated carbocycles. The first-order valence-electron chi connectivity index (χ1n) is 21.5. The first-order chi connectivity index (χ1) is 27.3. The molecule has 0 saturated heterocycles. The third-order valence-corrected chi connectivity index (χ3v) is 15.6. The maximum Gasteiger partial charge on any atom is 0.333 e. The average Bonchev–Trinajstić information content (AvgIpc) is 3.70. The van der Waals surface area contributed by atoms with E-state index in [9.17, 15) is 0 Å². The molecule has 8 aromatic rings. The summed E-state index contributed by atoms with van der Waals surface area (Å²) < 4.78 is 5.36. The molecule has 2 aliphatic heterocycles. The first kappa shape index (κ1) is 36.3. The van der Waals surface area contributed by atoms with Crippen molar-refractivity contribution < 1.29 is 0 Å². The number of anilines is 2. The minimum absolute atomic E-state index is 0.0133. The summed E-state index contributed by atoms with van der Waals surface area (Å²) in [6.07, 6.45) is 2.40. The zero-order valence-corrected chi connectivity index (χ0v) is 37.3. The molecule has 4 heteroatoms. The summed E-state index contributed by atoms with van der Waals surface area (Å²) in [5.74, 6) is 0. The molecule has 0 atom stereocenters. The van der Waals surface area contributed by atoms with E-state index in [1.165, 1.54) is 127 Å². The van der Waals surface area contributed by atoms with Crippen LogP contribution in [0.15, 0.2) is 91.0 Å². The summed E-state index contributed by atoms with van der Waals surface area (Å²) in [6, 6.07) is 36.6. The number of nitrogens with zero attached hydrogens (tertiary/aromatic N) is 2. The normalized spacial score (nSPS) is 16.7. The monoisotopic (exact) mass is 774 g/mol. The predicted molar refractivity (Wildman–Crippen MR) is 255 cm³/mol. The second-order valence-corrected chi connectivity index (χ2v) is 22.5. The Morgan fingerprint density at radius 2 is 1.31 bits per heavy atom. The molecule has 290 valence electrons. The molecule has 6 aromatic carbocycles. The highest BCUT2D eigenvalue weighted by Crippen LogP contribution is 2.53. The summed E-state index contributed by atoms with van der Waals surface area (Å²) >= 11 is 1.93. The zero-order valence-electron chi connectivity index (χ0n) is 36.5. The van der Waals surface area contributed by atoms with Crippen LogP contribution in [0.2, 0.25) is 0 Å². The van der Waals surface area contributed by atoms with Crippen LogP contribution in [0.5, 0.6) is 0 Å². The summed E-state index contributed by atoms with van der Waals surface area (Å²) in [7, 11) is 0. The largest absolute Gasteiger partial charge is 0.376 e. The molecule has 11 rings (SSSR count). The van der Waals surface area contributed by atoms with Crippen LogP contribution in [0.1, 0.15) is 115 Å². The maximum atomic E-state index is 2.80. The summed E-state index contributed by atoms with van der Waals surface area (Å²) in [5.41, 5.74) is 20.9. The summed E-state index contributed by atoms with van der Waals surface area (Å²) in [6.45, 7) is 28.7. The Kier molecular flexibility index (Phi) is 7.18. The molecular formula is C54H55BN2S. The highest BCUT2D eigenvalue weighted by Gasteiger charge is 2.47. The molecule has 0 amide bonds. The number of aromatic nitrogens is 1. The van der Waals surface area contributed by atoms with Crippen molar-refractivity contribution in [2.24, 2.45) is 0 Å². The third-order valence-electron chi connectivity index (χ3n) is 14.5. The standard InChI is InChI=1S/C54H55BN2S/c1-30-23-37-47-42(19-20-46-48(47)34-15-13-14-16-45(34)58-46)57(43-29-39-38(25-31(43)2)53(9,10)21-22-54(39,11)12)55-40-28-33(52(6,7)8)27-36-35-26-32(51(3,4)5)17-18-41(35)56(50(36)40)44(24-30)49(37)55/h13-20,23-29H,21-22H2,1-12H3. The van der Waals surface area contributed by atoms with Crippen molar-refractivity contribution >= 4 is 82.5 Å². The number of fused-ring (bicyclic) bond motifs is 12. The Balaban J connectivity index is 1.35. The van der Waals surface area contributed by atoms with Gasteiger partial charge in [-0.2, -0.15) is 0 Å². The molecule has 0 spiro atoms. The lowest BCUT2D eigenvalue weighted by Gasteiger charge is -2.46. The van der Waals surface area contributed by atoms with Gasteiger partial charge in [-0.15, -0.1) is 11.3 Å². The van der Waals surface area contributed by atoms with Crippen LogP contribution in [0.25, 0.3) is 58.8 Å². The van der Waals surface area contributed by atoms with E-state index in [-0.39, 0.29) is 28.5 Å². The third kappa shape index (κ3) is 4.85. The zero-order chi connectivity index (χ0) is 40.6. The Hall–Kier alpha value is -4.80. The quantitative estimate of drug-likeness (QED) is 0.151. The van der Waals surface area contributed by atoms with Gasteiger partial charge in [-0.3, -0.25) is 0 Å². The number of benzene rings is 6. The van der Waals surface area contributed by atoms with Gasteiger partial charge in [0.15, 0.2) is 0 Å². The van der Waals surface area contributed by atoms with E-state index in [4.69, 9.17) is 0 Å². The topological polar surface area (TPSA) is 8.17 Å². The van der Waals surface area contributed by atoms with Crippen molar-refractivity contribution in [2.45, 2.75) is 118 Å². The maximum absolute atomic E-state index is 2.80. The van der Waals surface area contributed by atoms with Crippen molar-refractivity contribution in [1.29, 1.82) is 0 Å². The van der Waals surface area contributed by atoms with Gasteiger partial charge in [-0.25, -0.2) is 0 Å². The second kappa shape index (κ2) is 11.5. The Morgan fingerprint density at radius 3 is 2.03 bits per heavy atom. The minimum Gasteiger partial charge on any atom is -0.376 e. The van der Waals surface area contributed by atoms with Crippen molar-refractivity contribution in [1.82, 2.24) is 4.57 Å². The Morgan fingerprint density at radius 1 is 0.621 bits per heavy atom. The van der Waals surface area contributed by atoms with Gasteiger partial charge >= 0.3 is 6.85 Å². The molecule has 0 N–H and O–H groups in total. The van der Waals surface area contributed by atoms with E-state index in [0.717, 1.165) is 0 Å². The fourth-order valence-electron chi connectivity index (χ4n) is 11.1. The van der Waals surface area contributed by atoms with Crippen LogP contribution in [-0.4, -0.2) is 11.4 Å². The van der Waals surface area contributed by atoms with Gasteiger partial charge in [0.2, 0.25) is 0 Å². The Labute approximate surface area is 349 Å². The Bertz CT molecular complexity index is 3120. The van der Waals surface area contributed by atoms with Gasteiger partial charge in [0, 0.05) is 53.6 Å². The highest BCUT2D eigenvalue weighted by atomic mass is 32.1. The number of aryl methyl sites for hydroxylation is 2. The molecule has 0 unspecified atom stereocenters. The average molecular weight is 775 g/mol. The van der Waals surface area contributed by atoms with Gasteiger partial charge in [0.05, 0.1) is 11.0 Å². The van der Waals surface area contributed by atoms with Crippen molar-refractivity contribution in [3.05, 3.63) is 124 Å². The van der Waals surface area contributed by atoms with Crippen molar-refractivity contribution in [2.75, 3.05) is 4.81 Å². The van der Waals surface area contributed by atoms with Crippen molar-refractivity contribution in [3.63, 3.8) is 0 Å². The second-order valence-electron chi connectivity index (χ2n) is 21.4. The van der Waals surface area contributed by atoms with Crippen LogP contribution in [0.3, 0.4) is 0 Å². The molecule has 0 radical (unpaired) electrons. The van der Waals surface area contributed by atoms with Crippen LogP contribution in [-0.2, 0) is 21.7 Å². The lowest BCUT2D eigenvalue weighted by molar-refractivity contribution is 0.332. The molecule has 3 aliphatic rings. The van der Waals surface area contributed by atoms with E-state index in [0.29, 0.717) is 0 Å². The predicted octanol–water partition coefficient (Wildman–Crippen LogP) is 14.0. The summed E-state index contributed by atoms with van der Waals surface area (Å²) in [5, 5.41) is 5.46. The molecule has 1 aliphatic carbocycles. The molecular weight excluding hydrogens is 719 g/mol. The van der Waals surface area contributed by atoms with Crippen LogP contribution >= 0.6 is 11.3 Å². The molecule has 2 nitrogen and oxygen atoms in total. The lowest BCUT2D eigenvalue weighted by Crippen LogP contribution is -2.61. The van der Waals surface area contributed by atoms with Crippen LogP contribution in [0.4, 0.5) is 11.4 Å². The van der Waals surface area contributed by atoms with Gasteiger partial charge < -0.3 is 9.38 Å². The number of hydrogen-bond acceptors (Lipinski definition) is 2. The van der Waals surface area contributed by atoms with E-state index in [1.807, 2.05) is 11.3 Å². The van der Waals surface area contributed by atoms with Gasteiger partial charge in [0.1, 0.15) is 0 Å².